The number of urea groups is 1. The zero-order valence-corrected chi connectivity index (χ0v) is 17.5. The van der Waals surface area contributed by atoms with Crippen LogP contribution in [-0.2, 0) is 17.9 Å². The zero-order valence-electron chi connectivity index (χ0n) is 16.6. The van der Waals surface area contributed by atoms with E-state index < -0.39 is 11.3 Å². The molecule has 0 spiro atoms. The lowest BCUT2D eigenvalue weighted by molar-refractivity contribution is -0.119. The topological polar surface area (TPSA) is 98.1 Å². The fraction of sp³-hybridized carbons (Fsp3) is 0.474. The summed E-state index contributed by atoms with van der Waals surface area (Å²) in [6, 6.07) is 8.99. The van der Waals surface area contributed by atoms with Crippen molar-refractivity contribution in [1.29, 1.82) is 0 Å². The Balaban J connectivity index is 2.10. The Labute approximate surface area is 169 Å². The largest absolute Gasteiger partial charge is 0.486 e. The third-order valence-electron chi connectivity index (χ3n) is 3.95. The van der Waals surface area contributed by atoms with Crippen LogP contribution < -0.4 is 15.4 Å². The highest BCUT2D eigenvalue weighted by molar-refractivity contribution is 8.00. The molecule has 1 heterocycles. The highest BCUT2D eigenvalue weighted by atomic mass is 32.2. The summed E-state index contributed by atoms with van der Waals surface area (Å²) in [6.07, 6.45) is 0.947. The number of rotatable bonds is 9. The number of ether oxygens (including phenoxy) is 1. The fourth-order valence-electron chi connectivity index (χ4n) is 2.28. The van der Waals surface area contributed by atoms with Gasteiger partial charge in [-0.05, 0) is 31.4 Å². The Morgan fingerprint density at radius 1 is 1.18 bits per heavy atom. The van der Waals surface area contributed by atoms with E-state index in [1.807, 2.05) is 34.9 Å². The monoisotopic (exact) mass is 405 g/mol. The first kappa shape index (κ1) is 21.7. The molecular weight excluding hydrogens is 378 g/mol. The number of aromatic nitrogens is 3. The van der Waals surface area contributed by atoms with Gasteiger partial charge in [0, 0.05) is 13.6 Å². The van der Waals surface area contributed by atoms with Gasteiger partial charge < -0.3 is 14.6 Å². The van der Waals surface area contributed by atoms with E-state index in [1.54, 1.807) is 6.92 Å². The van der Waals surface area contributed by atoms with Gasteiger partial charge in [-0.15, -0.1) is 10.2 Å². The summed E-state index contributed by atoms with van der Waals surface area (Å²) in [7, 11) is 1.46. The molecule has 152 valence electrons. The number of amides is 3. The maximum atomic E-state index is 12.1. The molecule has 9 heteroatoms. The van der Waals surface area contributed by atoms with E-state index in [0.717, 1.165) is 18.7 Å². The Morgan fingerprint density at radius 3 is 2.54 bits per heavy atom. The number of hydrogen-bond donors (Lipinski definition) is 2. The smallest absolute Gasteiger partial charge is 0.321 e. The number of carbonyl (C=O) groups is 2. The van der Waals surface area contributed by atoms with Gasteiger partial charge in [-0.1, -0.05) is 43.8 Å². The summed E-state index contributed by atoms with van der Waals surface area (Å²) in [5.41, 5.74) is 0. The molecule has 1 aromatic carbocycles. The number of imide groups is 1. The minimum atomic E-state index is -0.532. The van der Waals surface area contributed by atoms with E-state index >= 15 is 0 Å². The molecule has 0 bridgehead atoms. The van der Waals surface area contributed by atoms with Crippen LogP contribution in [-0.4, -0.2) is 39.0 Å². The summed E-state index contributed by atoms with van der Waals surface area (Å²) in [4.78, 5) is 23.5. The van der Waals surface area contributed by atoms with Crippen molar-refractivity contribution in [3.05, 3.63) is 36.2 Å². The van der Waals surface area contributed by atoms with Crippen LogP contribution in [0.25, 0.3) is 0 Å². The lowest BCUT2D eigenvalue weighted by atomic mass is 10.1. The molecule has 1 aromatic heterocycles. The second-order valence-corrected chi connectivity index (χ2v) is 7.97. The summed E-state index contributed by atoms with van der Waals surface area (Å²) in [5.74, 6) is 1.58. The molecule has 0 aliphatic rings. The first-order valence-electron chi connectivity index (χ1n) is 9.19. The van der Waals surface area contributed by atoms with Crippen LogP contribution in [0, 0.1) is 5.92 Å². The second kappa shape index (κ2) is 10.7. The van der Waals surface area contributed by atoms with Crippen LogP contribution in [0.4, 0.5) is 4.79 Å². The van der Waals surface area contributed by atoms with Gasteiger partial charge in [0.25, 0.3) is 0 Å². The number of carbonyl (C=O) groups excluding carboxylic acids is 2. The molecule has 3 amide bonds. The zero-order chi connectivity index (χ0) is 20.5. The Bertz CT molecular complexity index is 779. The van der Waals surface area contributed by atoms with E-state index in [1.165, 1.54) is 18.8 Å². The van der Waals surface area contributed by atoms with E-state index in [4.69, 9.17) is 4.74 Å². The van der Waals surface area contributed by atoms with Crippen LogP contribution >= 0.6 is 11.8 Å². The number of hydrogen-bond acceptors (Lipinski definition) is 6. The van der Waals surface area contributed by atoms with Crippen LogP contribution in [0.3, 0.4) is 0 Å². The van der Waals surface area contributed by atoms with Gasteiger partial charge in [-0.3, -0.25) is 10.1 Å². The SMILES string of the molecule is CNC(=O)NC(=O)C(C)Sc1nnc(COc2ccccc2)n1CCC(C)C. The fourth-order valence-corrected chi connectivity index (χ4v) is 3.17. The van der Waals surface area contributed by atoms with Gasteiger partial charge in [-0.25, -0.2) is 4.79 Å². The molecule has 0 saturated carbocycles. The average Bonchev–Trinajstić information content (AvgIpc) is 3.06. The number of thioether (sulfide) groups is 1. The predicted molar refractivity (Wildman–Crippen MR) is 108 cm³/mol. The van der Waals surface area contributed by atoms with Gasteiger partial charge in [0.1, 0.15) is 12.4 Å². The molecule has 2 rings (SSSR count). The van der Waals surface area contributed by atoms with Crippen molar-refractivity contribution in [2.24, 2.45) is 5.92 Å². The molecule has 0 radical (unpaired) electrons. The predicted octanol–water partition coefficient (Wildman–Crippen LogP) is 2.84. The van der Waals surface area contributed by atoms with Crippen molar-refractivity contribution in [3.63, 3.8) is 0 Å². The lowest BCUT2D eigenvalue weighted by Gasteiger charge is -2.14. The summed E-state index contributed by atoms with van der Waals surface area (Å²) >= 11 is 1.27. The number of nitrogens with zero attached hydrogens (tertiary/aromatic N) is 3. The summed E-state index contributed by atoms with van der Waals surface area (Å²) in [6.45, 7) is 7.04. The molecule has 0 aliphatic carbocycles. The van der Waals surface area contributed by atoms with Crippen molar-refractivity contribution in [2.45, 2.75) is 50.8 Å². The maximum Gasteiger partial charge on any atom is 0.321 e. The highest BCUT2D eigenvalue weighted by Gasteiger charge is 2.21. The quantitative estimate of drug-likeness (QED) is 0.623. The molecule has 0 fully saturated rings. The second-order valence-electron chi connectivity index (χ2n) is 6.66. The van der Waals surface area contributed by atoms with Crippen LogP contribution in [0.15, 0.2) is 35.5 Å². The maximum absolute atomic E-state index is 12.1. The Hall–Kier alpha value is -2.55. The Morgan fingerprint density at radius 2 is 1.89 bits per heavy atom. The number of benzene rings is 1. The third kappa shape index (κ3) is 6.56. The van der Waals surface area contributed by atoms with E-state index in [0.29, 0.717) is 16.9 Å². The van der Waals surface area contributed by atoms with Crippen molar-refractivity contribution in [1.82, 2.24) is 25.4 Å². The van der Waals surface area contributed by atoms with Crippen molar-refractivity contribution < 1.29 is 14.3 Å². The van der Waals surface area contributed by atoms with Crippen molar-refractivity contribution in [2.75, 3.05) is 7.05 Å². The standard InChI is InChI=1S/C19H27N5O3S/c1-13(2)10-11-24-16(12-27-15-8-6-5-7-9-15)22-23-19(24)28-14(3)17(25)21-18(26)20-4/h5-9,13-14H,10-12H2,1-4H3,(H2,20,21,25,26). The highest BCUT2D eigenvalue weighted by Crippen LogP contribution is 2.24. The van der Waals surface area contributed by atoms with Crippen molar-refractivity contribution in [3.8, 4) is 5.75 Å². The van der Waals surface area contributed by atoms with E-state index in [9.17, 15) is 9.59 Å². The Kier molecular flexibility index (Phi) is 8.31. The molecular formula is C19H27N5O3S. The van der Waals surface area contributed by atoms with E-state index in [2.05, 4.69) is 34.7 Å². The summed E-state index contributed by atoms with van der Waals surface area (Å²) in [5, 5.41) is 13.3. The van der Waals surface area contributed by atoms with Crippen LogP contribution in [0.2, 0.25) is 0 Å². The minimum Gasteiger partial charge on any atom is -0.486 e. The van der Waals surface area contributed by atoms with Crippen molar-refractivity contribution >= 4 is 23.7 Å². The molecule has 1 unspecified atom stereocenters. The van der Waals surface area contributed by atoms with Crippen LogP contribution in [0.5, 0.6) is 5.75 Å². The van der Waals surface area contributed by atoms with Crippen LogP contribution in [0.1, 0.15) is 33.0 Å². The first-order valence-corrected chi connectivity index (χ1v) is 10.1. The molecule has 28 heavy (non-hydrogen) atoms. The molecule has 1 atom stereocenters. The molecule has 2 aromatic rings. The molecule has 8 nitrogen and oxygen atoms in total. The van der Waals surface area contributed by atoms with Gasteiger partial charge in [0.15, 0.2) is 11.0 Å². The summed E-state index contributed by atoms with van der Waals surface area (Å²) < 4.78 is 7.79. The van der Waals surface area contributed by atoms with Gasteiger partial charge in [-0.2, -0.15) is 0 Å². The van der Waals surface area contributed by atoms with Gasteiger partial charge in [0.05, 0.1) is 5.25 Å². The molecule has 2 N–H and O–H groups in total. The minimum absolute atomic E-state index is 0.286. The van der Waals surface area contributed by atoms with E-state index in [-0.39, 0.29) is 12.5 Å². The molecule has 0 aliphatic heterocycles. The third-order valence-corrected chi connectivity index (χ3v) is 5.03. The van der Waals surface area contributed by atoms with Gasteiger partial charge in [0.2, 0.25) is 5.91 Å². The number of nitrogens with one attached hydrogen (secondary N) is 2. The lowest BCUT2D eigenvalue weighted by Crippen LogP contribution is -2.41. The van der Waals surface area contributed by atoms with Gasteiger partial charge >= 0.3 is 6.03 Å². The number of para-hydroxylation sites is 1. The normalized spacial score (nSPS) is 11.9. The molecule has 0 saturated heterocycles. The average molecular weight is 406 g/mol. The first-order chi connectivity index (χ1) is 13.4.